The minimum absolute atomic E-state index is 0.0231. The molecule has 0 bridgehead atoms. The summed E-state index contributed by atoms with van der Waals surface area (Å²) in [5, 5.41) is 20.7. The Morgan fingerprint density at radius 2 is 1.45 bits per heavy atom. The molecule has 167 valence electrons. The molecule has 0 aromatic rings. The van der Waals surface area contributed by atoms with E-state index in [1.807, 2.05) is 26.0 Å². The monoisotopic (exact) mass is 446 g/mol. The SMILES string of the molecule is CC(C)O.CC(C)[C@@H](CO)N/C=C1/C=C(C(C)(C)C)C=C(C(C)(C)C)C1=O.[O]=[V]. The Labute approximate surface area is 186 Å². The van der Waals surface area contributed by atoms with Gasteiger partial charge in [0.2, 0.25) is 0 Å². The molecule has 1 aliphatic rings. The van der Waals surface area contributed by atoms with Crippen LogP contribution in [0.25, 0.3) is 0 Å². The Bertz CT molecular complexity index is 603. The molecule has 5 nitrogen and oxygen atoms in total. The summed E-state index contributed by atoms with van der Waals surface area (Å²) in [4.78, 5) is 12.8. The summed E-state index contributed by atoms with van der Waals surface area (Å²) >= 11 is 1.06. The van der Waals surface area contributed by atoms with E-state index < -0.39 is 0 Å². The van der Waals surface area contributed by atoms with Crippen LogP contribution >= 0.6 is 0 Å². The van der Waals surface area contributed by atoms with E-state index in [0.717, 1.165) is 28.5 Å². The van der Waals surface area contributed by atoms with Gasteiger partial charge in [0.1, 0.15) is 0 Å². The topological polar surface area (TPSA) is 86.6 Å². The van der Waals surface area contributed by atoms with Gasteiger partial charge < -0.3 is 15.5 Å². The molecule has 0 fully saturated rings. The minimum atomic E-state index is -0.199. The average molecular weight is 447 g/mol. The number of rotatable bonds is 4. The first-order chi connectivity index (χ1) is 13.1. The van der Waals surface area contributed by atoms with Gasteiger partial charge in [-0.05, 0) is 42.2 Å². The quantitative estimate of drug-likeness (QED) is 0.562. The molecule has 0 aliphatic heterocycles. The summed E-state index contributed by atoms with van der Waals surface area (Å²) in [6.45, 7) is 20.3. The fraction of sp³-hybridized carbons (Fsp3) is 0.696. The molecule has 29 heavy (non-hydrogen) atoms. The van der Waals surface area contributed by atoms with Crippen molar-refractivity contribution in [3.8, 4) is 0 Å². The van der Waals surface area contributed by atoms with Crippen LogP contribution in [0.15, 0.2) is 35.1 Å². The summed E-state index contributed by atoms with van der Waals surface area (Å²) < 4.78 is 8.19. The van der Waals surface area contributed by atoms with Gasteiger partial charge in [0.05, 0.1) is 12.6 Å². The van der Waals surface area contributed by atoms with Gasteiger partial charge >= 0.3 is 21.0 Å². The number of aliphatic hydroxyl groups is 2. The zero-order valence-corrected chi connectivity index (χ0v) is 21.2. The van der Waals surface area contributed by atoms with Crippen molar-refractivity contribution in [2.45, 2.75) is 81.4 Å². The first-order valence-corrected chi connectivity index (χ1v) is 10.6. The van der Waals surface area contributed by atoms with Crippen molar-refractivity contribution in [2.75, 3.05) is 6.61 Å². The van der Waals surface area contributed by atoms with E-state index in [1.165, 1.54) is 0 Å². The fourth-order valence-corrected chi connectivity index (χ4v) is 2.40. The molecule has 0 spiro atoms. The van der Waals surface area contributed by atoms with Gasteiger partial charge in [-0.1, -0.05) is 61.5 Å². The van der Waals surface area contributed by atoms with Gasteiger partial charge in [-0.15, -0.1) is 0 Å². The van der Waals surface area contributed by atoms with Gasteiger partial charge in [0.25, 0.3) is 0 Å². The Kier molecular flexibility index (Phi) is 13.9. The molecular weight excluding hydrogens is 405 g/mol. The third-order valence-corrected chi connectivity index (χ3v) is 4.25. The number of aliphatic hydroxyl groups excluding tert-OH is 2. The van der Waals surface area contributed by atoms with Gasteiger partial charge in [-0.3, -0.25) is 4.79 Å². The second-order valence-electron chi connectivity index (χ2n) is 9.88. The van der Waals surface area contributed by atoms with Crippen LogP contribution in [0.5, 0.6) is 0 Å². The van der Waals surface area contributed by atoms with Crippen molar-refractivity contribution in [3.63, 3.8) is 0 Å². The van der Waals surface area contributed by atoms with Crippen molar-refractivity contribution in [1.82, 2.24) is 5.32 Å². The molecule has 0 amide bonds. The van der Waals surface area contributed by atoms with Crippen LogP contribution in [-0.4, -0.2) is 34.7 Å². The standard InChI is InChI=1S/C20H33NO2.C3H8O.O.V/c1-13(2)17(12-22)21-11-14-9-15(19(3,4)5)10-16(18(14)23)20(6,7)8;1-3(2)4;;/h9-11,13,17,21-22H,12H2,1-8H3;3-4H,1-2H3;;/b14-11-;;;/t17-;;;/m1.../s1. The Balaban J connectivity index is 0. The van der Waals surface area contributed by atoms with Crippen molar-refractivity contribution < 1.29 is 36.1 Å². The Morgan fingerprint density at radius 3 is 1.76 bits per heavy atom. The van der Waals surface area contributed by atoms with Gasteiger partial charge in [0, 0.05) is 23.5 Å². The molecule has 0 unspecified atom stereocenters. The second kappa shape index (κ2) is 13.3. The first-order valence-electron chi connectivity index (χ1n) is 10.0. The molecule has 0 saturated heterocycles. The van der Waals surface area contributed by atoms with Gasteiger partial charge in [-0.25, -0.2) is 0 Å². The molecule has 6 heteroatoms. The first kappa shape index (κ1) is 30.2. The van der Waals surface area contributed by atoms with Gasteiger partial charge in [-0.2, -0.15) is 0 Å². The fourth-order valence-electron chi connectivity index (χ4n) is 2.40. The van der Waals surface area contributed by atoms with E-state index >= 15 is 0 Å². The van der Waals surface area contributed by atoms with Crippen LogP contribution in [0.4, 0.5) is 0 Å². The van der Waals surface area contributed by atoms with Crippen molar-refractivity contribution in [2.24, 2.45) is 16.7 Å². The van der Waals surface area contributed by atoms with E-state index in [0.29, 0.717) is 11.5 Å². The van der Waals surface area contributed by atoms with E-state index in [1.54, 1.807) is 20.0 Å². The third-order valence-electron chi connectivity index (χ3n) is 4.25. The van der Waals surface area contributed by atoms with Crippen LogP contribution in [0.2, 0.25) is 0 Å². The number of hydrogen-bond acceptors (Lipinski definition) is 5. The van der Waals surface area contributed by atoms with Crippen molar-refractivity contribution in [1.29, 1.82) is 0 Å². The maximum absolute atomic E-state index is 12.8. The van der Waals surface area contributed by atoms with E-state index in [2.05, 4.69) is 46.9 Å². The number of carbonyl (C=O) groups is 1. The number of Topliss-reactive ketones (excluding diaryl/α,β-unsaturated/α-hetero) is 1. The maximum atomic E-state index is 12.8. The summed E-state index contributed by atoms with van der Waals surface area (Å²) in [6, 6.07) is -0.0502. The zero-order chi connectivity index (χ0) is 23.6. The molecule has 1 aliphatic carbocycles. The van der Waals surface area contributed by atoms with Gasteiger partial charge in [0.15, 0.2) is 5.78 Å². The predicted octanol–water partition coefficient (Wildman–Crippen LogP) is 4.27. The van der Waals surface area contributed by atoms with E-state index in [4.69, 9.17) is 8.78 Å². The number of allylic oxidation sites excluding steroid dienone is 5. The summed E-state index contributed by atoms with van der Waals surface area (Å²) in [5.74, 6) is 0.359. The molecule has 0 aromatic carbocycles. The Hall–Kier alpha value is -1.01. The predicted molar refractivity (Wildman–Crippen MR) is 115 cm³/mol. The normalized spacial score (nSPS) is 17.0. The summed E-state index contributed by atoms with van der Waals surface area (Å²) in [5.41, 5.74) is 2.43. The number of ketones is 1. The summed E-state index contributed by atoms with van der Waals surface area (Å²) in [6.07, 6.45) is 5.62. The van der Waals surface area contributed by atoms with Crippen molar-refractivity contribution >= 4 is 5.78 Å². The molecule has 0 saturated carbocycles. The number of nitrogens with one attached hydrogen (secondary N) is 1. The van der Waals surface area contributed by atoms with Crippen LogP contribution in [-0.2, 0) is 25.8 Å². The molecule has 0 aromatic heterocycles. The number of carbonyl (C=O) groups excluding carboxylic acids is 1. The Morgan fingerprint density at radius 1 is 1.00 bits per heavy atom. The van der Waals surface area contributed by atoms with Crippen molar-refractivity contribution in [3.05, 3.63) is 35.1 Å². The van der Waals surface area contributed by atoms with E-state index in [9.17, 15) is 9.90 Å². The van der Waals surface area contributed by atoms with E-state index in [-0.39, 0.29) is 35.4 Å². The summed E-state index contributed by atoms with van der Waals surface area (Å²) in [7, 11) is 0. The van der Waals surface area contributed by atoms with Crippen LogP contribution < -0.4 is 5.32 Å². The van der Waals surface area contributed by atoms with Crippen LogP contribution in [0.3, 0.4) is 0 Å². The zero-order valence-electron chi connectivity index (χ0n) is 19.8. The number of hydrogen-bond donors (Lipinski definition) is 3. The van der Waals surface area contributed by atoms with Crippen LogP contribution in [0, 0.1) is 16.7 Å². The molecule has 3 N–H and O–H groups in total. The molecule has 1 atom stereocenters. The molecule has 0 heterocycles. The average Bonchev–Trinajstić information content (AvgIpc) is 2.55. The second-order valence-corrected chi connectivity index (χ2v) is 9.88. The third kappa shape index (κ3) is 11.7. The van der Waals surface area contributed by atoms with Crippen LogP contribution in [0.1, 0.15) is 69.2 Å². The molecule has 1 rings (SSSR count). The molecule has 0 radical (unpaired) electrons. The molecular formula is C23H41NO4V.